The first-order valence-electron chi connectivity index (χ1n) is 4.57. The summed E-state index contributed by atoms with van der Waals surface area (Å²) < 4.78 is 4.60. The Bertz CT molecular complexity index is 211. The average molecular weight is 185 g/mol. The Morgan fingerprint density at radius 3 is 2.54 bits per heavy atom. The van der Waals surface area contributed by atoms with Gasteiger partial charge < -0.3 is 9.64 Å². The van der Waals surface area contributed by atoms with Crippen molar-refractivity contribution in [2.75, 3.05) is 20.2 Å². The highest BCUT2D eigenvalue weighted by Crippen LogP contribution is 2.29. The highest BCUT2D eigenvalue weighted by Gasteiger charge is 2.27. The summed E-state index contributed by atoms with van der Waals surface area (Å²) in [7, 11) is 1.64. The van der Waals surface area contributed by atoms with Crippen LogP contribution in [0.4, 0.5) is 0 Å². The molecule has 74 valence electrons. The van der Waals surface area contributed by atoms with Gasteiger partial charge in [0, 0.05) is 13.6 Å². The van der Waals surface area contributed by atoms with Crippen molar-refractivity contribution in [3.05, 3.63) is 0 Å². The van der Waals surface area contributed by atoms with Gasteiger partial charge in [0.25, 0.3) is 0 Å². The molecule has 0 aliphatic heterocycles. The van der Waals surface area contributed by atoms with Gasteiger partial charge >= 0.3 is 11.9 Å². The molecule has 0 heterocycles. The van der Waals surface area contributed by atoms with Crippen LogP contribution in [-0.4, -0.2) is 37.0 Å². The summed E-state index contributed by atoms with van der Waals surface area (Å²) in [6.07, 6.45) is 2.33. The van der Waals surface area contributed by atoms with Crippen LogP contribution in [-0.2, 0) is 14.3 Å². The average Bonchev–Trinajstić information content (AvgIpc) is 2.87. The number of hydrogen-bond donors (Lipinski definition) is 0. The van der Waals surface area contributed by atoms with Crippen LogP contribution in [0, 0.1) is 5.92 Å². The lowest BCUT2D eigenvalue weighted by Gasteiger charge is -2.14. The molecule has 0 atom stereocenters. The summed E-state index contributed by atoms with van der Waals surface area (Å²) in [5.74, 6) is -0.678. The molecular formula is C9H15NO3. The highest BCUT2D eigenvalue weighted by atomic mass is 16.5. The maximum atomic E-state index is 11.2. The quantitative estimate of drug-likeness (QED) is 0.473. The molecule has 0 spiro atoms. The molecule has 1 fully saturated rings. The summed E-state index contributed by atoms with van der Waals surface area (Å²) in [5.41, 5.74) is 0. The maximum Gasteiger partial charge on any atom is 0.396 e. The van der Waals surface area contributed by atoms with E-state index in [9.17, 15) is 9.59 Å². The van der Waals surface area contributed by atoms with E-state index in [1.54, 1.807) is 14.0 Å². The van der Waals surface area contributed by atoms with E-state index in [1.165, 1.54) is 17.7 Å². The smallest absolute Gasteiger partial charge is 0.396 e. The van der Waals surface area contributed by atoms with Crippen LogP contribution in [0.3, 0.4) is 0 Å². The monoisotopic (exact) mass is 185 g/mol. The van der Waals surface area contributed by atoms with E-state index >= 15 is 0 Å². The molecule has 1 amide bonds. The number of amides is 1. The van der Waals surface area contributed by atoms with Crippen molar-refractivity contribution in [3.63, 3.8) is 0 Å². The van der Waals surface area contributed by atoms with Crippen LogP contribution in [0.1, 0.15) is 19.8 Å². The fraction of sp³-hybridized carbons (Fsp3) is 0.778. The normalized spacial score (nSPS) is 15.2. The van der Waals surface area contributed by atoms with E-state index in [4.69, 9.17) is 0 Å². The first-order valence-corrected chi connectivity index (χ1v) is 4.57. The number of rotatable bonds is 3. The van der Waals surface area contributed by atoms with E-state index in [0.29, 0.717) is 12.5 Å². The van der Waals surface area contributed by atoms with Crippen molar-refractivity contribution in [2.45, 2.75) is 19.8 Å². The Morgan fingerprint density at radius 2 is 2.08 bits per heavy atom. The molecule has 0 saturated heterocycles. The third-order valence-corrected chi connectivity index (χ3v) is 2.03. The number of carbonyl (C=O) groups excluding carboxylic acids is 2. The third-order valence-electron chi connectivity index (χ3n) is 2.03. The first-order chi connectivity index (χ1) is 6.15. The number of nitrogens with zero attached hydrogens (tertiary/aromatic N) is 1. The Kier molecular flexibility index (Phi) is 3.28. The van der Waals surface area contributed by atoms with Crippen molar-refractivity contribution in [3.8, 4) is 0 Å². The molecule has 1 saturated carbocycles. The lowest BCUT2D eigenvalue weighted by atomic mass is 10.4. The van der Waals surface area contributed by atoms with E-state index in [-0.39, 0.29) is 6.61 Å². The molecule has 13 heavy (non-hydrogen) atoms. The van der Waals surface area contributed by atoms with Gasteiger partial charge in [0.2, 0.25) is 0 Å². The molecular weight excluding hydrogens is 170 g/mol. The lowest BCUT2D eigenvalue weighted by Crippen LogP contribution is -2.35. The Labute approximate surface area is 77.8 Å². The molecule has 4 heteroatoms. The fourth-order valence-electron chi connectivity index (χ4n) is 1.12. The van der Waals surface area contributed by atoms with Crippen LogP contribution in [0.5, 0.6) is 0 Å². The Hall–Kier alpha value is -1.06. The summed E-state index contributed by atoms with van der Waals surface area (Å²) in [5, 5.41) is 0. The predicted molar refractivity (Wildman–Crippen MR) is 47.0 cm³/mol. The van der Waals surface area contributed by atoms with E-state index in [0.717, 1.165) is 0 Å². The second-order valence-corrected chi connectivity index (χ2v) is 3.35. The molecule has 4 nitrogen and oxygen atoms in total. The number of carbonyl (C=O) groups is 2. The predicted octanol–water partition coefficient (Wildman–Crippen LogP) is 0.418. The van der Waals surface area contributed by atoms with Gasteiger partial charge in [0.05, 0.1) is 6.61 Å². The zero-order chi connectivity index (χ0) is 9.84. The SMILES string of the molecule is CCOC(=O)C(=O)N(C)CC1CC1. The summed E-state index contributed by atoms with van der Waals surface area (Å²) in [6, 6.07) is 0. The Balaban J connectivity index is 2.31. The van der Waals surface area contributed by atoms with Crippen molar-refractivity contribution >= 4 is 11.9 Å². The third kappa shape index (κ3) is 3.05. The van der Waals surface area contributed by atoms with Crippen molar-refractivity contribution < 1.29 is 14.3 Å². The van der Waals surface area contributed by atoms with E-state index in [1.807, 2.05) is 0 Å². The molecule has 1 aliphatic carbocycles. The number of ether oxygens (including phenoxy) is 1. The van der Waals surface area contributed by atoms with Gasteiger partial charge in [-0.05, 0) is 25.7 Å². The zero-order valence-electron chi connectivity index (χ0n) is 8.08. The summed E-state index contributed by atoms with van der Waals surface area (Å²) in [6.45, 7) is 2.62. The molecule has 1 rings (SSSR count). The molecule has 1 aliphatic rings. The zero-order valence-corrected chi connectivity index (χ0v) is 8.08. The van der Waals surface area contributed by atoms with Gasteiger partial charge in [0.15, 0.2) is 0 Å². The molecule has 0 bridgehead atoms. The maximum absolute atomic E-state index is 11.2. The molecule has 0 aromatic carbocycles. The second kappa shape index (κ2) is 4.25. The van der Waals surface area contributed by atoms with Crippen LogP contribution in [0.2, 0.25) is 0 Å². The number of likely N-dealkylation sites (N-methyl/N-ethyl adjacent to an activating group) is 1. The largest absolute Gasteiger partial charge is 0.459 e. The van der Waals surface area contributed by atoms with E-state index < -0.39 is 11.9 Å². The highest BCUT2D eigenvalue weighted by molar-refractivity contribution is 6.32. The minimum absolute atomic E-state index is 0.252. The standard InChI is InChI=1S/C9H15NO3/c1-3-13-9(12)8(11)10(2)6-7-4-5-7/h7H,3-6H2,1-2H3. The van der Waals surface area contributed by atoms with Crippen molar-refractivity contribution in [2.24, 2.45) is 5.92 Å². The second-order valence-electron chi connectivity index (χ2n) is 3.35. The lowest BCUT2D eigenvalue weighted by molar-refractivity contribution is -0.159. The van der Waals surface area contributed by atoms with Gasteiger partial charge in [-0.1, -0.05) is 0 Å². The van der Waals surface area contributed by atoms with Gasteiger partial charge in [-0.25, -0.2) is 4.79 Å². The minimum atomic E-state index is -0.745. The van der Waals surface area contributed by atoms with Gasteiger partial charge in [-0.15, -0.1) is 0 Å². The molecule has 0 aromatic rings. The molecule has 0 N–H and O–H groups in total. The number of hydrogen-bond acceptors (Lipinski definition) is 3. The van der Waals surface area contributed by atoms with Crippen molar-refractivity contribution in [1.29, 1.82) is 0 Å². The fourth-order valence-corrected chi connectivity index (χ4v) is 1.12. The first kappa shape index (κ1) is 10.0. The minimum Gasteiger partial charge on any atom is -0.459 e. The summed E-state index contributed by atoms with van der Waals surface area (Å²) in [4.78, 5) is 23.7. The summed E-state index contributed by atoms with van der Waals surface area (Å²) >= 11 is 0. The molecule has 0 aromatic heterocycles. The van der Waals surface area contributed by atoms with Gasteiger partial charge in [-0.3, -0.25) is 4.79 Å². The van der Waals surface area contributed by atoms with Gasteiger partial charge in [0.1, 0.15) is 0 Å². The van der Waals surface area contributed by atoms with Crippen LogP contribution in [0.25, 0.3) is 0 Å². The Morgan fingerprint density at radius 1 is 1.46 bits per heavy atom. The topological polar surface area (TPSA) is 46.6 Å². The van der Waals surface area contributed by atoms with Gasteiger partial charge in [-0.2, -0.15) is 0 Å². The van der Waals surface area contributed by atoms with Crippen LogP contribution >= 0.6 is 0 Å². The van der Waals surface area contributed by atoms with Crippen molar-refractivity contribution in [1.82, 2.24) is 4.90 Å². The number of esters is 1. The van der Waals surface area contributed by atoms with Crippen LogP contribution < -0.4 is 0 Å². The molecule has 0 radical (unpaired) electrons. The van der Waals surface area contributed by atoms with Crippen LogP contribution in [0.15, 0.2) is 0 Å². The van der Waals surface area contributed by atoms with E-state index in [2.05, 4.69) is 4.74 Å². The molecule has 0 unspecified atom stereocenters.